The molecule has 2 aliphatic rings. The van der Waals surface area contributed by atoms with Gasteiger partial charge in [-0.3, -0.25) is 9.89 Å². The fraction of sp³-hybridized carbons (Fsp3) is 0.375. The number of nitrogens with one attached hydrogen (secondary N) is 2. The third-order valence-electron chi connectivity index (χ3n) is 4.25. The van der Waals surface area contributed by atoms with Gasteiger partial charge in [-0.1, -0.05) is 12.1 Å². The van der Waals surface area contributed by atoms with Crippen LogP contribution in [0.3, 0.4) is 0 Å². The number of aromatic nitrogens is 2. The van der Waals surface area contributed by atoms with E-state index in [9.17, 15) is 9.18 Å². The second-order valence-electron chi connectivity index (χ2n) is 5.96. The van der Waals surface area contributed by atoms with Crippen LogP contribution in [0.15, 0.2) is 30.3 Å². The minimum Gasteiger partial charge on any atom is -0.347 e. The molecule has 2 unspecified atom stereocenters. The standard InChI is InChI=1S/C16H16FN3O/c17-11-5-3-9(4-6-11)12-7-14(12)18-16(21)15-8-13(19-20-15)10-1-2-10/h3-6,8,10,12,14H,1-2,7H2,(H,18,21)(H,19,20). The summed E-state index contributed by atoms with van der Waals surface area (Å²) in [6.07, 6.45) is 3.26. The number of H-pyrrole nitrogens is 1. The van der Waals surface area contributed by atoms with Crippen LogP contribution in [0.5, 0.6) is 0 Å². The summed E-state index contributed by atoms with van der Waals surface area (Å²) in [6, 6.07) is 8.47. The smallest absolute Gasteiger partial charge is 0.272 e. The molecule has 4 nitrogen and oxygen atoms in total. The Morgan fingerprint density at radius 3 is 2.76 bits per heavy atom. The van der Waals surface area contributed by atoms with E-state index in [1.54, 1.807) is 12.1 Å². The van der Waals surface area contributed by atoms with E-state index in [4.69, 9.17) is 0 Å². The number of amides is 1. The number of carbonyl (C=O) groups is 1. The first kappa shape index (κ1) is 12.6. The van der Waals surface area contributed by atoms with Gasteiger partial charge in [-0.05, 0) is 43.0 Å². The molecule has 108 valence electrons. The first-order valence-electron chi connectivity index (χ1n) is 7.32. The zero-order valence-electron chi connectivity index (χ0n) is 11.5. The van der Waals surface area contributed by atoms with Gasteiger partial charge in [0.15, 0.2) is 0 Å². The highest BCUT2D eigenvalue weighted by molar-refractivity contribution is 5.92. The van der Waals surface area contributed by atoms with Crippen molar-refractivity contribution in [1.29, 1.82) is 0 Å². The molecular weight excluding hydrogens is 269 g/mol. The van der Waals surface area contributed by atoms with Gasteiger partial charge in [-0.2, -0.15) is 5.10 Å². The quantitative estimate of drug-likeness (QED) is 0.907. The monoisotopic (exact) mass is 285 g/mol. The Morgan fingerprint density at radius 1 is 1.29 bits per heavy atom. The van der Waals surface area contributed by atoms with Gasteiger partial charge in [0.2, 0.25) is 0 Å². The maximum absolute atomic E-state index is 12.9. The zero-order chi connectivity index (χ0) is 14.4. The number of nitrogens with zero attached hydrogens (tertiary/aromatic N) is 1. The highest BCUT2D eigenvalue weighted by atomic mass is 19.1. The molecule has 2 N–H and O–H groups in total. The minimum absolute atomic E-state index is 0.129. The van der Waals surface area contributed by atoms with Gasteiger partial charge >= 0.3 is 0 Å². The average molecular weight is 285 g/mol. The van der Waals surface area contributed by atoms with Crippen LogP contribution in [0, 0.1) is 5.82 Å². The number of hydrogen-bond acceptors (Lipinski definition) is 2. The molecule has 0 bridgehead atoms. The number of aromatic amines is 1. The van der Waals surface area contributed by atoms with Crippen LogP contribution in [0.2, 0.25) is 0 Å². The van der Waals surface area contributed by atoms with E-state index in [0.717, 1.165) is 17.7 Å². The van der Waals surface area contributed by atoms with Crippen molar-refractivity contribution in [2.75, 3.05) is 0 Å². The Kier molecular flexibility index (Phi) is 2.80. The summed E-state index contributed by atoms with van der Waals surface area (Å²) < 4.78 is 12.9. The summed E-state index contributed by atoms with van der Waals surface area (Å²) in [5, 5.41) is 10.0. The van der Waals surface area contributed by atoms with E-state index in [-0.39, 0.29) is 23.7 Å². The summed E-state index contributed by atoms with van der Waals surface area (Å²) in [5.74, 6) is 0.486. The van der Waals surface area contributed by atoms with Crippen molar-refractivity contribution in [1.82, 2.24) is 15.5 Å². The van der Waals surface area contributed by atoms with E-state index in [1.165, 1.54) is 25.0 Å². The van der Waals surface area contributed by atoms with Crippen molar-refractivity contribution in [3.8, 4) is 0 Å². The molecule has 2 saturated carbocycles. The normalized spacial score (nSPS) is 23.9. The zero-order valence-corrected chi connectivity index (χ0v) is 11.5. The number of rotatable bonds is 4. The molecule has 0 spiro atoms. The van der Waals surface area contributed by atoms with Gasteiger partial charge in [0.05, 0.1) is 0 Å². The predicted octanol–water partition coefficient (Wildman–Crippen LogP) is 2.71. The lowest BCUT2D eigenvalue weighted by molar-refractivity contribution is 0.0945. The summed E-state index contributed by atoms with van der Waals surface area (Å²) in [7, 11) is 0. The molecule has 21 heavy (non-hydrogen) atoms. The molecule has 2 atom stereocenters. The number of halogens is 1. The van der Waals surface area contributed by atoms with Crippen molar-refractivity contribution in [2.24, 2.45) is 0 Å². The molecule has 2 aliphatic carbocycles. The molecule has 5 heteroatoms. The predicted molar refractivity (Wildman–Crippen MR) is 75.6 cm³/mol. The Morgan fingerprint density at radius 2 is 2.05 bits per heavy atom. The van der Waals surface area contributed by atoms with Gasteiger partial charge in [0.1, 0.15) is 11.5 Å². The fourth-order valence-corrected chi connectivity index (χ4v) is 2.73. The van der Waals surface area contributed by atoms with Crippen molar-refractivity contribution in [2.45, 2.75) is 37.1 Å². The van der Waals surface area contributed by atoms with Crippen LogP contribution in [0.1, 0.15) is 52.8 Å². The summed E-state index contributed by atoms with van der Waals surface area (Å²) in [4.78, 5) is 12.1. The second-order valence-corrected chi connectivity index (χ2v) is 5.96. The van der Waals surface area contributed by atoms with E-state index < -0.39 is 0 Å². The molecule has 4 rings (SSSR count). The molecular formula is C16H16FN3O. The highest BCUT2D eigenvalue weighted by Crippen LogP contribution is 2.41. The van der Waals surface area contributed by atoms with Crippen molar-refractivity contribution in [3.63, 3.8) is 0 Å². The highest BCUT2D eigenvalue weighted by Gasteiger charge is 2.40. The maximum atomic E-state index is 12.9. The Bertz CT molecular complexity index is 675. The topological polar surface area (TPSA) is 57.8 Å². The Hall–Kier alpha value is -2.17. The second kappa shape index (κ2) is 4.69. The fourth-order valence-electron chi connectivity index (χ4n) is 2.73. The van der Waals surface area contributed by atoms with Crippen LogP contribution in [0.4, 0.5) is 4.39 Å². The molecule has 2 fully saturated rings. The molecule has 1 amide bonds. The molecule has 1 aromatic heterocycles. The van der Waals surface area contributed by atoms with Gasteiger partial charge in [-0.15, -0.1) is 0 Å². The molecule has 2 aromatic rings. The SMILES string of the molecule is O=C(NC1CC1c1ccc(F)cc1)c1cc(C2CC2)[nH]n1. The van der Waals surface area contributed by atoms with Gasteiger partial charge < -0.3 is 5.32 Å². The lowest BCUT2D eigenvalue weighted by atomic mass is 10.1. The lowest BCUT2D eigenvalue weighted by Gasteiger charge is -2.02. The van der Waals surface area contributed by atoms with Crippen molar-refractivity contribution in [3.05, 3.63) is 53.1 Å². The number of hydrogen-bond donors (Lipinski definition) is 2. The van der Waals surface area contributed by atoms with Crippen molar-refractivity contribution >= 4 is 5.91 Å². The third kappa shape index (κ3) is 2.55. The Balaban J connectivity index is 1.38. The number of carbonyl (C=O) groups excluding carboxylic acids is 1. The number of benzene rings is 1. The van der Waals surface area contributed by atoms with E-state index >= 15 is 0 Å². The van der Waals surface area contributed by atoms with E-state index in [1.807, 2.05) is 6.07 Å². The van der Waals surface area contributed by atoms with Gasteiger partial charge in [-0.25, -0.2) is 4.39 Å². The largest absolute Gasteiger partial charge is 0.347 e. The van der Waals surface area contributed by atoms with Crippen LogP contribution in [-0.2, 0) is 0 Å². The molecule has 0 aliphatic heterocycles. The first-order valence-corrected chi connectivity index (χ1v) is 7.32. The van der Waals surface area contributed by atoms with E-state index in [0.29, 0.717) is 11.6 Å². The van der Waals surface area contributed by atoms with Crippen LogP contribution < -0.4 is 5.32 Å². The van der Waals surface area contributed by atoms with Crippen LogP contribution in [0.25, 0.3) is 0 Å². The van der Waals surface area contributed by atoms with Crippen LogP contribution in [-0.4, -0.2) is 22.1 Å². The van der Waals surface area contributed by atoms with E-state index in [2.05, 4.69) is 15.5 Å². The molecule has 1 heterocycles. The first-order chi connectivity index (χ1) is 10.2. The summed E-state index contributed by atoms with van der Waals surface area (Å²) in [6.45, 7) is 0. The summed E-state index contributed by atoms with van der Waals surface area (Å²) in [5.41, 5.74) is 2.59. The molecule has 1 aromatic carbocycles. The maximum Gasteiger partial charge on any atom is 0.272 e. The Labute approximate surface area is 121 Å². The average Bonchev–Trinajstić information content (AvgIpc) is 3.40. The molecule has 0 radical (unpaired) electrons. The van der Waals surface area contributed by atoms with Crippen LogP contribution >= 0.6 is 0 Å². The third-order valence-corrected chi connectivity index (χ3v) is 4.25. The summed E-state index contributed by atoms with van der Waals surface area (Å²) >= 11 is 0. The van der Waals surface area contributed by atoms with Gasteiger partial charge in [0, 0.05) is 23.6 Å². The molecule has 0 saturated heterocycles. The van der Waals surface area contributed by atoms with Gasteiger partial charge in [0.25, 0.3) is 5.91 Å². The lowest BCUT2D eigenvalue weighted by Crippen LogP contribution is -2.26. The van der Waals surface area contributed by atoms with Crippen molar-refractivity contribution < 1.29 is 9.18 Å². The minimum atomic E-state index is -0.232.